The van der Waals surface area contributed by atoms with Crippen LogP contribution in [0.4, 0.5) is 4.39 Å². The van der Waals surface area contributed by atoms with Crippen LogP contribution in [0, 0.1) is 23.1 Å². The van der Waals surface area contributed by atoms with E-state index >= 15 is 0 Å². The Morgan fingerprint density at radius 2 is 2.11 bits per heavy atom. The van der Waals surface area contributed by atoms with Gasteiger partial charge in [-0.15, -0.1) is 0 Å². The first-order valence-corrected chi connectivity index (χ1v) is 6.75. The molecular formula is C15H19FN2O. The van der Waals surface area contributed by atoms with E-state index in [2.05, 4.69) is 18.3 Å². The van der Waals surface area contributed by atoms with E-state index in [-0.39, 0.29) is 5.82 Å². The first kappa shape index (κ1) is 13.8. The molecule has 1 aromatic carbocycles. The second-order valence-electron chi connectivity index (χ2n) is 5.03. The fourth-order valence-electron chi connectivity index (χ4n) is 2.13. The van der Waals surface area contributed by atoms with Crippen molar-refractivity contribution < 1.29 is 9.13 Å². The van der Waals surface area contributed by atoms with Gasteiger partial charge in [-0.1, -0.05) is 6.92 Å². The van der Waals surface area contributed by atoms with Crippen molar-refractivity contribution in [2.75, 3.05) is 13.2 Å². The first-order chi connectivity index (χ1) is 9.20. The van der Waals surface area contributed by atoms with Crippen LogP contribution in [0.15, 0.2) is 24.3 Å². The van der Waals surface area contributed by atoms with E-state index in [0.717, 1.165) is 25.8 Å². The Labute approximate surface area is 113 Å². The minimum absolute atomic E-state index is 0.287. The molecule has 1 N–H and O–H groups in total. The Morgan fingerprint density at radius 3 is 2.63 bits per heavy atom. The summed E-state index contributed by atoms with van der Waals surface area (Å²) in [5.74, 6) is 0.676. The minimum Gasteiger partial charge on any atom is -0.491 e. The number of ether oxygens (including phenoxy) is 1. The molecule has 1 aliphatic rings. The largest absolute Gasteiger partial charge is 0.491 e. The summed E-state index contributed by atoms with van der Waals surface area (Å²) >= 11 is 0. The maximum Gasteiger partial charge on any atom is 0.143 e. The molecule has 1 fully saturated rings. The standard InChI is InChI=1S/C15H19FN2O/c1-2-9-18-15(10-17,12-3-4-12)11-19-14-7-5-13(16)6-8-14/h5-8,12,18H,2-4,9,11H2,1H3. The molecule has 0 bridgehead atoms. The van der Waals surface area contributed by atoms with Gasteiger partial charge in [0.1, 0.15) is 23.7 Å². The quantitative estimate of drug-likeness (QED) is 0.821. The van der Waals surface area contributed by atoms with Crippen molar-refractivity contribution in [3.05, 3.63) is 30.1 Å². The van der Waals surface area contributed by atoms with Gasteiger partial charge < -0.3 is 4.74 Å². The van der Waals surface area contributed by atoms with Crippen LogP contribution in [-0.2, 0) is 0 Å². The second kappa shape index (κ2) is 6.03. The molecule has 0 aliphatic heterocycles. The molecule has 0 heterocycles. The maximum absolute atomic E-state index is 12.8. The molecule has 0 amide bonds. The molecule has 2 rings (SSSR count). The molecule has 3 nitrogen and oxygen atoms in total. The summed E-state index contributed by atoms with van der Waals surface area (Å²) in [5.41, 5.74) is -0.607. The molecule has 1 aliphatic carbocycles. The predicted molar refractivity (Wildman–Crippen MR) is 71.3 cm³/mol. The molecule has 102 valence electrons. The third kappa shape index (κ3) is 3.45. The van der Waals surface area contributed by atoms with Gasteiger partial charge in [-0.2, -0.15) is 5.26 Å². The van der Waals surface area contributed by atoms with E-state index in [0.29, 0.717) is 18.3 Å². The first-order valence-electron chi connectivity index (χ1n) is 6.75. The van der Waals surface area contributed by atoms with E-state index < -0.39 is 5.54 Å². The summed E-state index contributed by atoms with van der Waals surface area (Å²) in [7, 11) is 0. The fraction of sp³-hybridized carbons (Fsp3) is 0.533. The predicted octanol–water partition coefficient (Wildman–Crippen LogP) is 2.88. The number of hydrogen-bond donors (Lipinski definition) is 1. The van der Waals surface area contributed by atoms with Crippen molar-refractivity contribution in [3.63, 3.8) is 0 Å². The van der Waals surface area contributed by atoms with Crippen LogP contribution in [-0.4, -0.2) is 18.7 Å². The average Bonchev–Trinajstić information content (AvgIpc) is 3.26. The number of rotatable bonds is 7. The monoisotopic (exact) mass is 262 g/mol. The lowest BCUT2D eigenvalue weighted by Gasteiger charge is -2.28. The summed E-state index contributed by atoms with van der Waals surface area (Å²) in [6, 6.07) is 8.28. The summed E-state index contributed by atoms with van der Waals surface area (Å²) in [6.07, 6.45) is 3.11. The second-order valence-corrected chi connectivity index (χ2v) is 5.03. The summed E-state index contributed by atoms with van der Waals surface area (Å²) in [5, 5.41) is 12.8. The van der Waals surface area contributed by atoms with Gasteiger partial charge in [-0.05, 0) is 56.0 Å². The molecule has 0 aromatic heterocycles. The van der Waals surface area contributed by atoms with Gasteiger partial charge in [0.2, 0.25) is 0 Å². The third-order valence-corrected chi connectivity index (χ3v) is 3.44. The summed E-state index contributed by atoms with van der Waals surface area (Å²) in [6.45, 7) is 3.18. The van der Waals surface area contributed by atoms with Gasteiger partial charge in [0.25, 0.3) is 0 Å². The van der Waals surface area contributed by atoms with Crippen molar-refractivity contribution in [1.29, 1.82) is 5.26 Å². The molecule has 0 radical (unpaired) electrons. The molecule has 0 spiro atoms. The lowest BCUT2D eigenvalue weighted by molar-refractivity contribution is 0.202. The average molecular weight is 262 g/mol. The zero-order valence-corrected chi connectivity index (χ0v) is 11.2. The van der Waals surface area contributed by atoms with Crippen LogP contribution in [0.25, 0.3) is 0 Å². The van der Waals surface area contributed by atoms with Gasteiger partial charge in [0, 0.05) is 0 Å². The van der Waals surface area contributed by atoms with Crippen molar-refractivity contribution in [2.45, 2.75) is 31.7 Å². The normalized spacial score (nSPS) is 17.5. The van der Waals surface area contributed by atoms with Crippen LogP contribution in [0.3, 0.4) is 0 Å². The van der Waals surface area contributed by atoms with Crippen LogP contribution >= 0.6 is 0 Å². The van der Waals surface area contributed by atoms with Gasteiger partial charge in [0.15, 0.2) is 0 Å². The topological polar surface area (TPSA) is 45.0 Å². The highest BCUT2D eigenvalue weighted by Crippen LogP contribution is 2.39. The summed E-state index contributed by atoms with van der Waals surface area (Å²) < 4.78 is 18.5. The molecule has 1 atom stereocenters. The zero-order chi connectivity index (χ0) is 13.7. The maximum atomic E-state index is 12.8. The lowest BCUT2D eigenvalue weighted by atomic mass is 9.96. The molecule has 0 saturated heterocycles. The van der Waals surface area contributed by atoms with Crippen molar-refractivity contribution >= 4 is 0 Å². The molecule has 4 heteroatoms. The molecule has 1 aromatic rings. The van der Waals surface area contributed by atoms with Gasteiger partial charge in [0.05, 0.1) is 6.07 Å². The van der Waals surface area contributed by atoms with Crippen molar-refractivity contribution in [1.82, 2.24) is 5.32 Å². The molecule has 1 unspecified atom stereocenters. The van der Waals surface area contributed by atoms with E-state index in [1.807, 2.05) is 0 Å². The highest BCUT2D eigenvalue weighted by Gasteiger charge is 2.46. The van der Waals surface area contributed by atoms with E-state index in [1.165, 1.54) is 12.1 Å². The molecule has 1 saturated carbocycles. The van der Waals surface area contributed by atoms with Crippen LogP contribution in [0.5, 0.6) is 5.75 Å². The highest BCUT2D eigenvalue weighted by molar-refractivity contribution is 5.24. The Morgan fingerprint density at radius 1 is 1.42 bits per heavy atom. The minimum atomic E-state index is -0.607. The molecule has 19 heavy (non-hydrogen) atoms. The van der Waals surface area contributed by atoms with Gasteiger partial charge >= 0.3 is 0 Å². The number of benzene rings is 1. The Bertz CT molecular complexity index is 450. The van der Waals surface area contributed by atoms with Crippen LogP contribution < -0.4 is 10.1 Å². The number of nitriles is 1. The van der Waals surface area contributed by atoms with Crippen LogP contribution in [0.1, 0.15) is 26.2 Å². The van der Waals surface area contributed by atoms with Gasteiger partial charge in [-0.3, -0.25) is 5.32 Å². The zero-order valence-electron chi connectivity index (χ0n) is 11.2. The number of nitrogens with zero attached hydrogens (tertiary/aromatic N) is 1. The number of nitrogens with one attached hydrogen (secondary N) is 1. The fourth-order valence-corrected chi connectivity index (χ4v) is 2.13. The van der Waals surface area contributed by atoms with E-state index in [4.69, 9.17) is 4.74 Å². The Kier molecular flexibility index (Phi) is 4.39. The lowest BCUT2D eigenvalue weighted by Crippen LogP contribution is -2.51. The van der Waals surface area contributed by atoms with Crippen LogP contribution in [0.2, 0.25) is 0 Å². The molecular weight excluding hydrogens is 243 g/mol. The number of hydrogen-bond acceptors (Lipinski definition) is 3. The highest BCUT2D eigenvalue weighted by atomic mass is 19.1. The number of halogens is 1. The Balaban J connectivity index is 2.00. The third-order valence-electron chi connectivity index (χ3n) is 3.44. The van der Waals surface area contributed by atoms with Crippen molar-refractivity contribution in [3.8, 4) is 11.8 Å². The van der Waals surface area contributed by atoms with E-state index in [1.54, 1.807) is 12.1 Å². The smallest absolute Gasteiger partial charge is 0.143 e. The van der Waals surface area contributed by atoms with Crippen molar-refractivity contribution in [2.24, 2.45) is 5.92 Å². The van der Waals surface area contributed by atoms with Gasteiger partial charge in [-0.25, -0.2) is 4.39 Å². The summed E-state index contributed by atoms with van der Waals surface area (Å²) in [4.78, 5) is 0. The SMILES string of the molecule is CCCNC(C#N)(COc1ccc(F)cc1)C1CC1. The van der Waals surface area contributed by atoms with E-state index in [9.17, 15) is 9.65 Å². The Hall–Kier alpha value is -1.60.